The Labute approximate surface area is 138 Å². The second-order valence-corrected chi connectivity index (χ2v) is 6.77. The molecular weight excluding hydrogens is 286 g/mol. The highest BCUT2D eigenvalue weighted by atomic mass is 16.3. The highest BCUT2D eigenvalue weighted by Gasteiger charge is 2.25. The molecule has 1 saturated carbocycles. The molecule has 124 valence electrons. The van der Waals surface area contributed by atoms with Crippen molar-refractivity contribution < 1.29 is 5.11 Å². The smallest absolute Gasteiger partial charge is 0.0914 e. The van der Waals surface area contributed by atoms with E-state index >= 15 is 0 Å². The topological polar surface area (TPSA) is 50.1 Å². The molecule has 0 bridgehead atoms. The Balaban J connectivity index is 1.54. The van der Waals surface area contributed by atoms with Gasteiger partial charge < -0.3 is 10.4 Å². The maximum atomic E-state index is 10.4. The molecule has 3 rings (SSSR count). The molecule has 1 aliphatic carbocycles. The number of hydrogen-bond acceptors (Lipinski definition) is 3. The second-order valence-electron chi connectivity index (χ2n) is 6.77. The van der Waals surface area contributed by atoms with Crippen LogP contribution >= 0.6 is 0 Å². The first kappa shape index (κ1) is 16.2. The minimum absolute atomic E-state index is 0.437. The molecule has 2 aromatic rings. The SMILES string of the molecule is Cc1ccc([C@H](O)CNC2CCCC(c3ccnn3C)C2)cc1. The highest BCUT2D eigenvalue weighted by Crippen LogP contribution is 2.32. The van der Waals surface area contributed by atoms with E-state index in [-0.39, 0.29) is 0 Å². The van der Waals surface area contributed by atoms with E-state index in [4.69, 9.17) is 0 Å². The summed E-state index contributed by atoms with van der Waals surface area (Å²) in [6.07, 6.45) is 6.22. The van der Waals surface area contributed by atoms with Crippen LogP contribution in [-0.4, -0.2) is 27.5 Å². The normalized spacial score (nSPS) is 22.9. The van der Waals surface area contributed by atoms with Crippen LogP contribution in [-0.2, 0) is 7.05 Å². The van der Waals surface area contributed by atoms with Crippen LogP contribution in [0.2, 0.25) is 0 Å². The van der Waals surface area contributed by atoms with Gasteiger partial charge in [-0.15, -0.1) is 0 Å². The summed E-state index contributed by atoms with van der Waals surface area (Å²) in [5.74, 6) is 0.574. The van der Waals surface area contributed by atoms with Crippen molar-refractivity contribution in [1.29, 1.82) is 0 Å². The van der Waals surface area contributed by atoms with Gasteiger partial charge in [0.1, 0.15) is 0 Å². The summed E-state index contributed by atoms with van der Waals surface area (Å²) >= 11 is 0. The molecule has 1 fully saturated rings. The van der Waals surface area contributed by atoms with E-state index in [0.29, 0.717) is 18.5 Å². The monoisotopic (exact) mass is 313 g/mol. The molecular formula is C19H27N3O. The highest BCUT2D eigenvalue weighted by molar-refractivity contribution is 5.23. The van der Waals surface area contributed by atoms with Gasteiger partial charge in [-0.1, -0.05) is 36.2 Å². The van der Waals surface area contributed by atoms with Gasteiger partial charge in [0.05, 0.1) is 6.10 Å². The average Bonchev–Trinajstić information content (AvgIpc) is 3.00. The third-order valence-electron chi connectivity index (χ3n) is 5.01. The largest absolute Gasteiger partial charge is 0.387 e. The minimum atomic E-state index is -0.437. The molecule has 3 atom stereocenters. The van der Waals surface area contributed by atoms with Crippen LogP contribution in [0.1, 0.15) is 54.5 Å². The van der Waals surface area contributed by atoms with Gasteiger partial charge in [0, 0.05) is 37.4 Å². The van der Waals surface area contributed by atoms with Crippen LogP contribution in [0.4, 0.5) is 0 Å². The number of aryl methyl sites for hydroxylation is 2. The van der Waals surface area contributed by atoms with Crippen molar-refractivity contribution in [2.24, 2.45) is 7.05 Å². The lowest BCUT2D eigenvalue weighted by molar-refractivity contribution is 0.164. The van der Waals surface area contributed by atoms with Crippen molar-refractivity contribution in [3.05, 3.63) is 53.3 Å². The molecule has 2 unspecified atom stereocenters. The Kier molecular flexibility index (Phi) is 5.13. The number of nitrogens with zero attached hydrogens (tertiary/aromatic N) is 2. The molecule has 0 radical (unpaired) electrons. The maximum Gasteiger partial charge on any atom is 0.0914 e. The lowest BCUT2D eigenvalue weighted by atomic mass is 9.83. The van der Waals surface area contributed by atoms with Crippen molar-refractivity contribution in [2.45, 2.75) is 50.7 Å². The molecule has 1 aromatic carbocycles. The molecule has 2 N–H and O–H groups in total. The van der Waals surface area contributed by atoms with E-state index in [1.54, 1.807) is 0 Å². The van der Waals surface area contributed by atoms with E-state index in [1.807, 2.05) is 30.1 Å². The summed E-state index contributed by atoms with van der Waals surface area (Å²) in [5, 5.41) is 18.2. The first-order valence-electron chi connectivity index (χ1n) is 8.59. The van der Waals surface area contributed by atoms with Crippen molar-refractivity contribution in [1.82, 2.24) is 15.1 Å². The number of hydrogen-bond donors (Lipinski definition) is 2. The van der Waals surface area contributed by atoms with Crippen LogP contribution in [0.3, 0.4) is 0 Å². The van der Waals surface area contributed by atoms with E-state index in [1.165, 1.54) is 30.5 Å². The van der Waals surface area contributed by atoms with Gasteiger partial charge in [0.25, 0.3) is 0 Å². The molecule has 0 aliphatic heterocycles. The van der Waals surface area contributed by atoms with Crippen molar-refractivity contribution in [3.63, 3.8) is 0 Å². The lowest BCUT2D eigenvalue weighted by Crippen LogP contribution is -2.36. The zero-order valence-electron chi connectivity index (χ0n) is 14.1. The molecule has 0 amide bonds. The minimum Gasteiger partial charge on any atom is -0.387 e. The first-order valence-corrected chi connectivity index (χ1v) is 8.59. The van der Waals surface area contributed by atoms with Gasteiger partial charge in [0.2, 0.25) is 0 Å². The van der Waals surface area contributed by atoms with Crippen molar-refractivity contribution >= 4 is 0 Å². The summed E-state index contributed by atoms with van der Waals surface area (Å²) in [6.45, 7) is 2.68. The molecule has 0 saturated heterocycles. The molecule has 1 aromatic heterocycles. The van der Waals surface area contributed by atoms with Gasteiger partial charge in [-0.05, 0) is 37.8 Å². The molecule has 1 heterocycles. The Morgan fingerprint density at radius 2 is 2.04 bits per heavy atom. The summed E-state index contributed by atoms with van der Waals surface area (Å²) in [6, 6.07) is 10.7. The summed E-state index contributed by atoms with van der Waals surface area (Å²) in [7, 11) is 2.02. The van der Waals surface area contributed by atoms with Crippen LogP contribution in [0.15, 0.2) is 36.5 Å². The average molecular weight is 313 g/mol. The first-order chi connectivity index (χ1) is 11.1. The molecule has 23 heavy (non-hydrogen) atoms. The second kappa shape index (κ2) is 7.28. The van der Waals surface area contributed by atoms with Gasteiger partial charge in [-0.25, -0.2) is 0 Å². The van der Waals surface area contributed by atoms with Crippen molar-refractivity contribution in [2.75, 3.05) is 6.54 Å². The fourth-order valence-electron chi connectivity index (χ4n) is 3.61. The van der Waals surface area contributed by atoms with E-state index < -0.39 is 6.10 Å². The Hall–Kier alpha value is -1.65. The van der Waals surface area contributed by atoms with Gasteiger partial charge in [0.15, 0.2) is 0 Å². The zero-order valence-corrected chi connectivity index (χ0v) is 14.1. The standard InChI is InChI=1S/C19H27N3O/c1-14-6-8-15(9-7-14)19(23)13-20-17-5-3-4-16(12-17)18-10-11-21-22(18)2/h6-11,16-17,19-20,23H,3-5,12-13H2,1-2H3/t16?,17?,19-/m1/s1. The molecule has 4 heteroatoms. The predicted molar refractivity (Wildman–Crippen MR) is 92.3 cm³/mol. The molecule has 1 aliphatic rings. The van der Waals surface area contributed by atoms with Gasteiger partial charge in [-0.2, -0.15) is 5.10 Å². The van der Waals surface area contributed by atoms with Crippen LogP contribution in [0, 0.1) is 6.92 Å². The zero-order chi connectivity index (χ0) is 16.2. The number of nitrogens with one attached hydrogen (secondary N) is 1. The predicted octanol–water partition coefficient (Wildman–Crippen LogP) is 3.08. The summed E-state index contributed by atoms with van der Waals surface area (Å²) < 4.78 is 1.99. The lowest BCUT2D eigenvalue weighted by Gasteiger charge is -2.30. The fourth-order valence-corrected chi connectivity index (χ4v) is 3.61. The molecule has 4 nitrogen and oxygen atoms in total. The number of benzene rings is 1. The molecule has 0 spiro atoms. The number of aromatic nitrogens is 2. The summed E-state index contributed by atoms with van der Waals surface area (Å²) in [4.78, 5) is 0. The number of rotatable bonds is 5. The number of aliphatic hydroxyl groups excluding tert-OH is 1. The third-order valence-corrected chi connectivity index (χ3v) is 5.01. The number of aliphatic hydroxyl groups is 1. The van der Waals surface area contributed by atoms with E-state index in [0.717, 1.165) is 12.0 Å². The van der Waals surface area contributed by atoms with Crippen LogP contribution in [0.5, 0.6) is 0 Å². The van der Waals surface area contributed by atoms with E-state index in [2.05, 4.69) is 35.5 Å². The van der Waals surface area contributed by atoms with Gasteiger partial charge in [-0.3, -0.25) is 4.68 Å². The van der Waals surface area contributed by atoms with E-state index in [9.17, 15) is 5.11 Å². The Morgan fingerprint density at radius 1 is 1.26 bits per heavy atom. The van der Waals surface area contributed by atoms with Crippen LogP contribution < -0.4 is 5.32 Å². The quantitative estimate of drug-likeness (QED) is 0.892. The fraction of sp³-hybridized carbons (Fsp3) is 0.526. The maximum absolute atomic E-state index is 10.4. The summed E-state index contributed by atoms with van der Waals surface area (Å²) in [5.41, 5.74) is 3.54. The Morgan fingerprint density at radius 3 is 2.74 bits per heavy atom. The third kappa shape index (κ3) is 4.01. The van der Waals surface area contributed by atoms with Crippen LogP contribution in [0.25, 0.3) is 0 Å². The Bertz CT molecular complexity index is 620. The van der Waals surface area contributed by atoms with Crippen molar-refractivity contribution in [3.8, 4) is 0 Å². The van der Waals surface area contributed by atoms with Gasteiger partial charge >= 0.3 is 0 Å².